The molecule has 0 bridgehead atoms. The second kappa shape index (κ2) is 7.92. The number of nitrogens with one attached hydrogen (secondary N) is 1. The van der Waals surface area contributed by atoms with E-state index in [9.17, 15) is 0 Å². The van der Waals surface area contributed by atoms with Crippen LogP contribution in [0.4, 0.5) is 0 Å². The van der Waals surface area contributed by atoms with Crippen LogP contribution < -0.4 is 5.32 Å². The first-order chi connectivity index (χ1) is 9.00. The molecule has 1 unspecified atom stereocenters. The van der Waals surface area contributed by atoms with Crippen LogP contribution in [0.2, 0.25) is 0 Å². The molecule has 19 heavy (non-hydrogen) atoms. The summed E-state index contributed by atoms with van der Waals surface area (Å²) in [5.74, 6) is 0. The summed E-state index contributed by atoms with van der Waals surface area (Å²) in [6, 6.07) is 0.351. The van der Waals surface area contributed by atoms with Crippen LogP contribution >= 0.6 is 11.5 Å². The number of ether oxygens (including phenoxy) is 1. The first-order valence-corrected chi connectivity index (χ1v) is 7.83. The third-order valence-electron chi connectivity index (χ3n) is 3.02. The van der Waals surface area contributed by atoms with Gasteiger partial charge in [0.15, 0.2) is 0 Å². The fourth-order valence-corrected chi connectivity index (χ4v) is 2.99. The molecule has 0 fully saturated rings. The molecule has 5 heteroatoms. The summed E-state index contributed by atoms with van der Waals surface area (Å²) < 4.78 is 9.32. The van der Waals surface area contributed by atoms with Gasteiger partial charge < -0.3 is 10.1 Å². The lowest BCUT2D eigenvalue weighted by Crippen LogP contribution is -2.25. The second-order valence-corrected chi connectivity index (χ2v) is 6.66. The number of hydrogen-bond acceptors (Lipinski definition) is 5. The van der Waals surface area contributed by atoms with E-state index >= 15 is 0 Å². The zero-order valence-corrected chi connectivity index (χ0v) is 13.6. The normalized spacial score (nSPS) is 13.7. The Labute approximate surface area is 121 Å². The molecule has 1 atom stereocenters. The Balaban J connectivity index is 2.81. The smallest absolute Gasteiger partial charge is 0.0857 e. The highest BCUT2D eigenvalue weighted by atomic mass is 32.1. The van der Waals surface area contributed by atoms with Gasteiger partial charge in [-0.05, 0) is 37.3 Å². The summed E-state index contributed by atoms with van der Waals surface area (Å²) in [6.45, 7) is 10.6. The van der Waals surface area contributed by atoms with E-state index < -0.39 is 0 Å². The molecule has 0 saturated heterocycles. The second-order valence-electron chi connectivity index (χ2n) is 5.88. The molecule has 0 aromatic carbocycles. The van der Waals surface area contributed by atoms with E-state index in [1.807, 2.05) is 0 Å². The maximum atomic E-state index is 5.16. The summed E-state index contributed by atoms with van der Waals surface area (Å²) in [5.41, 5.74) is 1.18. The monoisotopic (exact) mass is 285 g/mol. The van der Waals surface area contributed by atoms with Crippen LogP contribution in [-0.2, 0) is 10.2 Å². The SMILES string of the molecule is CCCNC(CCCOC)c1snnc1C(C)(C)C. The van der Waals surface area contributed by atoms with E-state index in [0.29, 0.717) is 6.04 Å². The van der Waals surface area contributed by atoms with Crippen molar-refractivity contribution in [3.8, 4) is 0 Å². The molecular weight excluding hydrogens is 258 g/mol. The first kappa shape index (κ1) is 16.5. The molecule has 0 amide bonds. The third-order valence-corrected chi connectivity index (χ3v) is 3.86. The lowest BCUT2D eigenvalue weighted by Gasteiger charge is -2.22. The van der Waals surface area contributed by atoms with Gasteiger partial charge >= 0.3 is 0 Å². The lowest BCUT2D eigenvalue weighted by atomic mass is 9.89. The van der Waals surface area contributed by atoms with Crippen molar-refractivity contribution >= 4 is 11.5 Å². The van der Waals surface area contributed by atoms with Crippen molar-refractivity contribution in [3.05, 3.63) is 10.6 Å². The largest absolute Gasteiger partial charge is 0.385 e. The Morgan fingerprint density at radius 3 is 2.68 bits per heavy atom. The number of nitrogens with zero attached hydrogens (tertiary/aromatic N) is 2. The number of hydrogen-bond donors (Lipinski definition) is 1. The summed E-state index contributed by atoms with van der Waals surface area (Å²) in [7, 11) is 1.75. The van der Waals surface area contributed by atoms with Crippen LogP contribution in [0.25, 0.3) is 0 Å². The maximum absolute atomic E-state index is 5.16. The Kier molecular flexibility index (Phi) is 6.89. The average molecular weight is 285 g/mol. The highest BCUT2D eigenvalue weighted by Gasteiger charge is 2.26. The average Bonchev–Trinajstić information content (AvgIpc) is 2.82. The first-order valence-electron chi connectivity index (χ1n) is 7.05. The molecule has 1 N–H and O–H groups in total. The highest BCUT2D eigenvalue weighted by molar-refractivity contribution is 7.05. The van der Waals surface area contributed by atoms with E-state index in [1.54, 1.807) is 7.11 Å². The predicted octanol–water partition coefficient (Wildman–Crippen LogP) is 3.30. The molecule has 1 aromatic rings. The van der Waals surface area contributed by atoms with Crippen LogP contribution in [0.1, 0.15) is 63.6 Å². The molecule has 0 radical (unpaired) electrons. The Morgan fingerprint density at radius 1 is 1.37 bits per heavy atom. The van der Waals surface area contributed by atoms with Gasteiger partial charge in [-0.25, -0.2) is 0 Å². The van der Waals surface area contributed by atoms with Crippen molar-refractivity contribution in [3.63, 3.8) is 0 Å². The molecular formula is C14H27N3OS. The van der Waals surface area contributed by atoms with Crippen molar-refractivity contribution in [2.45, 2.75) is 58.4 Å². The summed E-state index contributed by atoms with van der Waals surface area (Å²) in [6.07, 6.45) is 3.26. The van der Waals surface area contributed by atoms with Crippen molar-refractivity contribution < 1.29 is 4.74 Å². The number of methoxy groups -OCH3 is 1. The predicted molar refractivity (Wildman–Crippen MR) is 80.8 cm³/mol. The van der Waals surface area contributed by atoms with Crippen LogP contribution in [-0.4, -0.2) is 29.8 Å². The summed E-state index contributed by atoms with van der Waals surface area (Å²) >= 11 is 1.53. The fraction of sp³-hybridized carbons (Fsp3) is 0.857. The van der Waals surface area contributed by atoms with Gasteiger partial charge in [-0.2, -0.15) is 0 Å². The lowest BCUT2D eigenvalue weighted by molar-refractivity contribution is 0.189. The fourth-order valence-electron chi connectivity index (χ4n) is 2.02. The zero-order valence-electron chi connectivity index (χ0n) is 12.8. The minimum atomic E-state index is 0.0513. The molecule has 0 aliphatic rings. The van der Waals surface area contributed by atoms with Gasteiger partial charge in [-0.1, -0.05) is 32.2 Å². The third kappa shape index (κ3) is 5.16. The Hall–Kier alpha value is -0.520. The molecule has 110 valence electrons. The Morgan fingerprint density at radius 2 is 2.11 bits per heavy atom. The van der Waals surface area contributed by atoms with Gasteiger partial charge in [-0.15, -0.1) is 5.10 Å². The topological polar surface area (TPSA) is 47.0 Å². The van der Waals surface area contributed by atoms with Crippen molar-refractivity contribution in [2.24, 2.45) is 0 Å². The van der Waals surface area contributed by atoms with E-state index in [2.05, 4.69) is 42.6 Å². The van der Waals surface area contributed by atoms with Crippen molar-refractivity contribution in [1.29, 1.82) is 0 Å². The molecule has 0 aliphatic heterocycles. The summed E-state index contributed by atoms with van der Waals surface area (Å²) in [4.78, 5) is 1.29. The molecule has 0 saturated carbocycles. The quantitative estimate of drug-likeness (QED) is 0.744. The molecule has 1 aromatic heterocycles. The van der Waals surface area contributed by atoms with E-state index in [1.165, 1.54) is 16.4 Å². The number of rotatable bonds is 8. The van der Waals surface area contributed by atoms with Crippen molar-refractivity contribution in [1.82, 2.24) is 14.9 Å². The summed E-state index contributed by atoms with van der Waals surface area (Å²) in [5, 5.41) is 7.96. The van der Waals surface area contributed by atoms with Crippen LogP contribution in [0.15, 0.2) is 0 Å². The van der Waals surface area contributed by atoms with Gasteiger partial charge in [0.25, 0.3) is 0 Å². The minimum Gasteiger partial charge on any atom is -0.385 e. The highest BCUT2D eigenvalue weighted by Crippen LogP contribution is 2.32. The van der Waals surface area contributed by atoms with Gasteiger partial charge in [0.1, 0.15) is 0 Å². The van der Waals surface area contributed by atoms with Crippen LogP contribution in [0.3, 0.4) is 0 Å². The van der Waals surface area contributed by atoms with E-state index in [-0.39, 0.29) is 5.41 Å². The standard InChI is InChI=1S/C14H27N3OS/c1-6-9-15-11(8-7-10-18-5)12-13(14(2,3)4)16-17-19-12/h11,15H,6-10H2,1-5H3. The minimum absolute atomic E-state index is 0.0513. The van der Waals surface area contributed by atoms with Crippen LogP contribution in [0.5, 0.6) is 0 Å². The molecule has 1 heterocycles. The van der Waals surface area contributed by atoms with Crippen LogP contribution in [0, 0.1) is 0 Å². The van der Waals surface area contributed by atoms with Gasteiger partial charge in [0.05, 0.1) is 10.6 Å². The molecule has 0 aliphatic carbocycles. The maximum Gasteiger partial charge on any atom is 0.0857 e. The zero-order chi connectivity index (χ0) is 14.3. The molecule has 1 rings (SSSR count). The van der Waals surface area contributed by atoms with Gasteiger partial charge in [-0.3, -0.25) is 0 Å². The number of aromatic nitrogens is 2. The molecule has 0 spiro atoms. The molecule has 4 nitrogen and oxygen atoms in total. The van der Waals surface area contributed by atoms with Gasteiger partial charge in [0, 0.05) is 25.2 Å². The van der Waals surface area contributed by atoms with E-state index in [4.69, 9.17) is 4.74 Å². The van der Waals surface area contributed by atoms with Gasteiger partial charge in [0.2, 0.25) is 0 Å². The van der Waals surface area contributed by atoms with Crippen molar-refractivity contribution in [2.75, 3.05) is 20.3 Å². The van der Waals surface area contributed by atoms with E-state index in [0.717, 1.165) is 38.1 Å². The Bertz CT molecular complexity index is 360.